The van der Waals surface area contributed by atoms with Gasteiger partial charge in [0, 0.05) is 10.1 Å². The third kappa shape index (κ3) is 3.87. The molecular weight excluding hydrogens is 376 g/mol. The van der Waals surface area contributed by atoms with Crippen LogP contribution in [0.1, 0.15) is 47.3 Å². The summed E-state index contributed by atoms with van der Waals surface area (Å²) in [6.07, 6.45) is 5.80. The number of fused-ring (bicyclic) bond motifs is 1. The molecule has 2 N–H and O–H groups in total. The number of halogens is 1. The summed E-state index contributed by atoms with van der Waals surface area (Å²) in [6.45, 7) is 0. The summed E-state index contributed by atoms with van der Waals surface area (Å²) in [5.74, 6) is -0.203. The van der Waals surface area contributed by atoms with Crippen molar-refractivity contribution in [3.63, 3.8) is 0 Å². The summed E-state index contributed by atoms with van der Waals surface area (Å²) in [7, 11) is 0. The highest BCUT2D eigenvalue weighted by Crippen LogP contribution is 2.35. The maximum atomic E-state index is 12.8. The normalized spacial score (nSPS) is 14.2. The molecule has 3 aromatic rings. The number of carbonyl (C=O) groups is 1. The van der Waals surface area contributed by atoms with Gasteiger partial charge in [0.05, 0.1) is 10.7 Å². The zero-order valence-corrected chi connectivity index (χ0v) is 16.5. The van der Waals surface area contributed by atoms with E-state index >= 15 is 0 Å². The molecule has 2 aromatic carbocycles. The van der Waals surface area contributed by atoms with E-state index in [-0.39, 0.29) is 5.91 Å². The third-order valence-electron chi connectivity index (χ3n) is 4.92. The van der Waals surface area contributed by atoms with E-state index in [1.54, 1.807) is 0 Å². The summed E-state index contributed by atoms with van der Waals surface area (Å²) in [5, 5.41) is 1.43. The molecule has 4 rings (SSSR count). The lowest BCUT2D eigenvalue weighted by atomic mass is 9.91. The molecule has 0 radical (unpaired) electrons. The summed E-state index contributed by atoms with van der Waals surface area (Å²) in [5.41, 5.74) is 9.56. The molecule has 1 aliphatic carbocycles. The molecule has 1 fully saturated rings. The minimum absolute atomic E-state index is 0.203. The van der Waals surface area contributed by atoms with Gasteiger partial charge in [0.2, 0.25) is 0 Å². The van der Waals surface area contributed by atoms with E-state index < -0.39 is 0 Å². The Morgan fingerprint density at radius 1 is 0.889 bits per heavy atom. The quantitative estimate of drug-likeness (QED) is 0.518. The molecule has 0 spiro atoms. The van der Waals surface area contributed by atoms with E-state index in [1.807, 2.05) is 42.5 Å². The van der Waals surface area contributed by atoms with E-state index in [9.17, 15) is 4.79 Å². The van der Waals surface area contributed by atoms with Gasteiger partial charge < -0.3 is 0 Å². The zero-order valence-electron chi connectivity index (χ0n) is 14.9. The average molecular weight is 397 g/mol. The van der Waals surface area contributed by atoms with Crippen LogP contribution in [0.2, 0.25) is 5.02 Å². The van der Waals surface area contributed by atoms with Gasteiger partial charge in [-0.15, -0.1) is 11.3 Å². The number of hydrazine groups is 1. The molecule has 1 aromatic heterocycles. The minimum Gasteiger partial charge on any atom is -0.298 e. The van der Waals surface area contributed by atoms with Crippen molar-refractivity contribution in [2.24, 2.45) is 0 Å². The summed E-state index contributed by atoms with van der Waals surface area (Å²) < 4.78 is 1.02. The molecule has 138 valence electrons. The van der Waals surface area contributed by atoms with Gasteiger partial charge >= 0.3 is 0 Å². The fourth-order valence-corrected chi connectivity index (χ4v) is 4.95. The van der Waals surface area contributed by atoms with E-state index in [1.165, 1.54) is 36.2 Å². The summed E-state index contributed by atoms with van der Waals surface area (Å²) >= 11 is 7.86. The van der Waals surface area contributed by atoms with Gasteiger partial charge in [0.25, 0.3) is 5.91 Å². The number of amides is 1. The Morgan fingerprint density at radius 3 is 2.33 bits per heavy atom. The lowest BCUT2D eigenvalue weighted by molar-refractivity contribution is 0.0946. The Morgan fingerprint density at radius 2 is 1.59 bits per heavy atom. The molecular formula is C22H21ClN2OS. The molecule has 0 unspecified atom stereocenters. The molecule has 0 aliphatic heterocycles. The van der Waals surface area contributed by atoms with Crippen LogP contribution in [0.3, 0.4) is 0 Å². The lowest BCUT2D eigenvalue weighted by Gasteiger charge is -2.21. The molecule has 27 heavy (non-hydrogen) atoms. The average Bonchev–Trinajstić information content (AvgIpc) is 3.07. The first-order valence-electron chi connectivity index (χ1n) is 9.25. The summed E-state index contributed by atoms with van der Waals surface area (Å²) in [6, 6.07) is 18.0. The topological polar surface area (TPSA) is 41.1 Å². The largest absolute Gasteiger partial charge is 0.298 e. The van der Waals surface area contributed by atoms with Crippen molar-refractivity contribution in [3.05, 3.63) is 75.6 Å². The fourth-order valence-electron chi connectivity index (χ4n) is 3.53. The van der Waals surface area contributed by atoms with Crippen LogP contribution in [0.25, 0.3) is 15.8 Å². The predicted molar refractivity (Wildman–Crippen MR) is 114 cm³/mol. The lowest BCUT2D eigenvalue weighted by Crippen LogP contribution is -2.36. The highest BCUT2D eigenvalue weighted by Gasteiger charge is 2.18. The van der Waals surface area contributed by atoms with Gasteiger partial charge in [-0.25, -0.2) is 0 Å². The van der Waals surface area contributed by atoms with Gasteiger partial charge in [-0.1, -0.05) is 66.6 Å². The monoisotopic (exact) mass is 396 g/mol. The van der Waals surface area contributed by atoms with Crippen molar-refractivity contribution in [2.75, 3.05) is 0 Å². The van der Waals surface area contributed by atoms with Gasteiger partial charge in [0.15, 0.2) is 0 Å². The van der Waals surface area contributed by atoms with Crippen molar-refractivity contribution in [3.8, 4) is 0 Å². The first-order chi connectivity index (χ1) is 13.2. The van der Waals surface area contributed by atoms with Crippen molar-refractivity contribution < 1.29 is 4.79 Å². The fraction of sp³-hybridized carbons (Fsp3) is 0.227. The number of hydrogen-bond donors (Lipinski definition) is 2. The van der Waals surface area contributed by atoms with Crippen LogP contribution in [0.4, 0.5) is 0 Å². The number of benzene rings is 2. The zero-order chi connectivity index (χ0) is 18.6. The molecule has 5 heteroatoms. The number of allylic oxidation sites excluding steroid dienone is 1. The van der Waals surface area contributed by atoms with Crippen LogP contribution < -0.4 is 10.9 Å². The maximum absolute atomic E-state index is 12.8. The van der Waals surface area contributed by atoms with Crippen LogP contribution in [0, 0.1) is 0 Å². The van der Waals surface area contributed by atoms with Gasteiger partial charge in [-0.2, -0.15) is 0 Å². The Labute approximate surface area is 168 Å². The standard InChI is InChI=1S/C22H21ClN2OS/c23-19-17-13-7-8-14-18(17)27-21(19)22(26)25-24-20(15-9-3-1-4-10-15)16-11-5-2-6-12-16/h1,3-4,7-10,13-14,24H,2,5-6,11-12H2,(H,25,26). The van der Waals surface area contributed by atoms with Crippen LogP contribution in [0.15, 0.2) is 60.2 Å². The highest BCUT2D eigenvalue weighted by atomic mass is 35.5. The SMILES string of the molecule is O=C(NNC(=C1CCCCC1)c1ccccc1)c1sc2ccccc2c1Cl. The maximum Gasteiger partial charge on any atom is 0.281 e. The van der Waals surface area contributed by atoms with E-state index in [0.717, 1.165) is 34.2 Å². The van der Waals surface area contributed by atoms with E-state index in [4.69, 9.17) is 11.6 Å². The Bertz CT molecular complexity index is 986. The van der Waals surface area contributed by atoms with Crippen molar-refractivity contribution in [2.45, 2.75) is 32.1 Å². The van der Waals surface area contributed by atoms with Gasteiger partial charge in [-0.05, 0) is 42.9 Å². The van der Waals surface area contributed by atoms with E-state index in [0.29, 0.717) is 9.90 Å². The molecule has 0 bridgehead atoms. The molecule has 1 aliphatic rings. The van der Waals surface area contributed by atoms with Gasteiger partial charge in [0.1, 0.15) is 4.88 Å². The second-order valence-electron chi connectivity index (χ2n) is 6.73. The third-order valence-corrected chi connectivity index (χ3v) is 6.59. The second kappa shape index (κ2) is 8.15. The molecule has 0 atom stereocenters. The van der Waals surface area contributed by atoms with Crippen LogP contribution in [-0.4, -0.2) is 5.91 Å². The minimum atomic E-state index is -0.203. The van der Waals surface area contributed by atoms with Crippen LogP contribution in [0.5, 0.6) is 0 Å². The van der Waals surface area contributed by atoms with Crippen LogP contribution in [-0.2, 0) is 0 Å². The summed E-state index contributed by atoms with van der Waals surface area (Å²) in [4.78, 5) is 13.3. The number of nitrogens with one attached hydrogen (secondary N) is 2. The molecule has 1 heterocycles. The van der Waals surface area contributed by atoms with Crippen molar-refractivity contribution >= 4 is 44.6 Å². The number of thiophene rings is 1. The molecule has 1 amide bonds. The highest BCUT2D eigenvalue weighted by molar-refractivity contribution is 7.21. The molecule has 3 nitrogen and oxygen atoms in total. The van der Waals surface area contributed by atoms with E-state index in [2.05, 4.69) is 23.0 Å². The number of carbonyl (C=O) groups excluding carboxylic acids is 1. The number of hydrogen-bond acceptors (Lipinski definition) is 3. The molecule has 0 saturated heterocycles. The Balaban J connectivity index is 1.58. The molecule has 1 saturated carbocycles. The smallest absolute Gasteiger partial charge is 0.281 e. The predicted octanol–water partition coefficient (Wildman–Crippen LogP) is 6.16. The van der Waals surface area contributed by atoms with Crippen molar-refractivity contribution in [1.29, 1.82) is 0 Å². The first-order valence-corrected chi connectivity index (χ1v) is 10.4. The second-order valence-corrected chi connectivity index (χ2v) is 8.16. The Hall–Kier alpha value is -2.30. The number of rotatable bonds is 4. The van der Waals surface area contributed by atoms with Gasteiger partial charge in [-0.3, -0.25) is 15.6 Å². The Kier molecular flexibility index (Phi) is 5.46. The first kappa shape index (κ1) is 18.1. The van der Waals surface area contributed by atoms with Crippen LogP contribution >= 0.6 is 22.9 Å². The van der Waals surface area contributed by atoms with Crippen molar-refractivity contribution in [1.82, 2.24) is 10.9 Å².